The number of halogens is 3. The number of rotatable bonds is 7. The molecule has 0 bridgehead atoms. The van der Waals surface area contributed by atoms with Crippen molar-refractivity contribution in [3.05, 3.63) is 39.8 Å². The largest absolute Gasteiger partial charge is 0.474 e. The Labute approximate surface area is 334 Å². The SMILES string of the molecule is Cc1c(Cl)cc2c(cnn2C2CCCCO2)c1-c1c(Cl)cc2c(nc(OC[C@@H]3CCCN3C)c3nnn([C@H]4CCN(C(=O)OC(C)(C)C)[C@H](CC#N)C4)c32)c1F. The summed E-state index contributed by atoms with van der Waals surface area (Å²) in [6.07, 6.45) is 6.83. The molecule has 5 aromatic rings. The molecular weight excluding hydrogens is 760 g/mol. The van der Waals surface area contributed by atoms with E-state index in [4.69, 9.17) is 47.5 Å². The van der Waals surface area contributed by atoms with E-state index in [-0.39, 0.29) is 46.7 Å². The normalized spacial score (nSPS) is 22.3. The van der Waals surface area contributed by atoms with Crippen molar-refractivity contribution in [2.24, 2.45) is 0 Å². The van der Waals surface area contributed by atoms with Gasteiger partial charge in [-0.15, -0.1) is 5.10 Å². The Morgan fingerprint density at radius 3 is 2.57 bits per heavy atom. The molecule has 8 rings (SSSR count). The second-order valence-corrected chi connectivity index (χ2v) is 17.1. The molecule has 6 heterocycles. The second-order valence-electron chi connectivity index (χ2n) is 16.2. The number of benzene rings is 2. The first-order valence-corrected chi connectivity index (χ1v) is 20.1. The number of ether oxygens (including phenoxy) is 3. The van der Waals surface area contributed by atoms with Gasteiger partial charge in [0, 0.05) is 46.1 Å². The molecule has 1 unspecified atom stereocenters. The highest BCUT2D eigenvalue weighted by atomic mass is 35.5. The Morgan fingerprint density at radius 1 is 1.04 bits per heavy atom. The predicted octanol–water partition coefficient (Wildman–Crippen LogP) is 8.78. The van der Waals surface area contributed by atoms with E-state index < -0.39 is 23.6 Å². The Kier molecular flexibility index (Phi) is 10.5. The molecule has 3 aliphatic heterocycles. The average molecular weight is 807 g/mol. The van der Waals surface area contributed by atoms with Crippen molar-refractivity contribution in [3.63, 3.8) is 0 Å². The summed E-state index contributed by atoms with van der Waals surface area (Å²) >= 11 is 14.0. The zero-order chi connectivity index (χ0) is 39.5. The van der Waals surface area contributed by atoms with Gasteiger partial charge in [-0.05, 0) is 104 Å². The summed E-state index contributed by atoms with van der Waals surface area (Å²) in [5.74, 6) is -0.471. The Bertz CT molecular complexity index is 2360. The van der Waals surface area contributed by atoms with E-state index in [0.717, 1.165) is 44.2 Å². The smallest absolute Gasteiger partial charge is 0.410 e. The zero-order valence-electron chi connectivity index (χ0n) is 32.3. The number of likely N-dealkylation sites (tertiary alicyclic amines) is 2. The van der Waals surface area contributed by atoms with Crippen molar-refractivity contribution in [2.75, 3.05) is 33.4 Å². The number of aromatic nitrogens is 6. The van der Waals surface area contributed by atoms with Crippen LogP contribution in [0.4, 0.5) is 9.18 Å². The van der Waals surface area contributed by atoms with Crippen LogP contribution in [-0.4, -0.2) is 96.7 Å². The Hall–Kier alpha value is -4.29. The molecule has 2 aromatic carbocycles. The van der Waals surface area contributed by atoms with Crippen molar-refractivity contribution in [1.82, 2.24) is 39.6 Å². The molecule has 4 atom stereocenters. The molecule has 0 aliphatic carbocycles. The first kappa shape index (κ1) is 38.6. The van der Waals surface area contributed by atoms with Gasteiger partial charge in [0.1, 0.15) is 23.2 Å². The van der Waals surface area contributed by atoms with E-state index in [0.29, 0.717) is 70.6 Å². The molecule has 0 spiro atoms. The summed E-state index contributed by atoms with van der Waals surface area (Å²) in [5, 5.41) is 25.4. The number of piperidine rings is 1. The fourth-order valence-corrected chi connectivity index (χ4v) is 9.01. The molecule has 3 aliphatic rings. The molecule has 1 amide bonds. The van der Waals surface area contributed by atoms with E-state index in [2.05, 4.69) is 28.3 Å². The van der Waals surface area contributed by atoms with Gasteiger partial charge in [0.25, 0.3) is 0 Å². The highest BCUT2D eigenvalue weighted by Crippen LogP contribution is 2.46. The van der Waals surface area contributed by atoms with Crippen LogP contribution in [0.5, 0.6) is 5.88 Å². The van der Waals surface area contributed by atoms with Crippen LogP contribution in [0.1, 0.15) is 90.0 Å². The van der Waals surface area contributed by atoms with E-state index in [1.807, 2.05) is 38.4 Å². The van der Waals surface area contributed by atoms with Gasteiger partial charge in [-0.1, -0.05) is 28.4 Å². The predicted molar refractivity (Wildman–Crippen MR) is 211 cm³/mol. The quantitative estimate of drug-likeness (QED) is 0.157. The summed E-state index contributed by atoms with van der Waals surface area (Å²) in [6.45, 7) is 9.55. The van der Waals surface area contributed by atoms with Crippen LogP contribution in [0.3, 0.4) is 0 Å². The molecule has 56 heavy (non-hydrogen) atoms. The first-order valence-electron chi connectivity index (χ1n) is 19.4. The van der Waals surface area contributed by atoms with Gasteiger partial charge in [0.2, 0.25) is 5.88 Å². The van der Waals surface area contributed by atoms with Gasteiger partial charge in [0.05, 0.1) is 41.3 Å². The lowest BCUT2D eigenvalue weighted by atomic mass is 9.94. The van der Waals surface area contributed by atoms with E-state index in [1.54, 1.807) is 21.8 Å². The minimum Gasteiger partial charge on any atom is -0.474 e. The molecular formula is C40H46Cl2FN9O4. The molecule has 3 fully saturated rings. The number of hydrogen-bond donors (Lipinski definition) is 0. The Balaban J connectivity index is 1.27. The highest BCUT2D eigenvalue weighted by molar-refractivity contribution is 6.36. The van der Waals surface area contributed by atoms with Crippen molar-refractivity contribution in [1.29, 1.82) is 5.26 Å². The minimum absolute atomic E-state index is 0.0468. The molecule has 3 aromatic heterocycles. The number of hydrogen-bond acceptors (Lipinski definition) is 10. The number of carbonyl (C=O) groups is 1. The fraction of sp³-hybridized carbons (Fsp3) is 0.550. The van der Waals surface area contributed by atoms with Crippen molar-refractivity contribution < 1.29 is 23.4 Å². The van der Waals surface area contributed by atoms with Gasteiger partial charge < -0.3 is 24.0 Å². The number of amides is 1. The Morgan fingerprint density at radius 2 is 1.86 bits per heavy atom. The molecule has 296 valence electrons. The molecule has 13 nitrogen and oxygen atoms in total. The third kappa shape index (κ3) is 7.01. The van der Waals surface area contributed by atoms with Crippen LogP contribution >= 0.6 is 23.2 Å². The number of likely N-dealkylation sites (N-methyl/N-ethyl adjacent to an activating group) is 1. The lowest BCUT2D eigenvalue weighted by Gasteiger charge is -2.39. The summed E-state index contributed by atoms with van der Waals surface area (Å²) in [5.41, 5.74) is 2.30. The van der Waals surface area contributed by atoms with Crippen molar-refractivity contribution in [3.8, 4) is 23.1 Å². The van der Waals surface area contributed by atoms with Crippen molar-refractivity contribution in [2.45, 2.75) is 109 Å². The number of fused-ring (bicyclic) bond motifs is 4. The van der Waals surface area contributed by atoms with Gasteiger partial charge >= 0.3 is 6.09 Å². The van der Waals surface area contributed by atoms with Crippen LogP contribution < -0.4 is 4.74 Å². The van der Waals surface area contributed by atoms with Gasteiger partial charge in [-0.3, -0.25) is 0 Å². The molecule has 0 radical (unpaired) electrons. The first-order chi connectivity index (χ1) is 26.8. The summed E-state index contributed by atoms with van der Waals surface area (Å²) in [4.78, 5) is 21.9. The maximum absolute atomic E-state index is 17.6. The zero-order valence-corrected chi connectivity index (χ0v) is 33.8. The van der Waals surface area contributed by atoms with Crippen LogP contribution in [0.15, 0.2) is 18.3 Å². The summed E-state index contributed by atoms with van der Waals surface area (Å²) < 4.78 is 39.3. The van der Waals surface area contributed by atoms with Crippen molar-refractivity contribution >= 4 is 62.1 Å². The maximum atomic E-state index is 17.6. The molecule has 0 N–H and O–H groups in total. The van der Waals surface area contributed by atoms with E-state index in [9.17, 15) is 10.1 Å². The third-order valence-corrected chi connectivity index (χ3v) is 12.1. The van der Waals surface area contributed by atoms with E-state index in [1.165, 1.54) is 0 Å². The number of nitriles is 1. The van der Waals surface area contributed by atoms with Gasteiger partial charge in [-0.2, -0.15) is 10.4 Å². The van der Waals surface area contributed by atoms with Gasteiger partial charge in [-0.25, -0.2) is 23.5 Å². The monoisotopic (exact) mass is 805 g/mol. The van der Waals surface area contributed by atoms with Gasteiger partial charge in [0.15, 0.2) is 17.6 Å². The average Bonchev–Trinajstić information content (AvgIpc) is 3.91. The van der Waals surface area contributed by atoms with Crippen LogP contribution in [-0.2, 0) is 9.47 Å². The van der Waals surface area contributed by atoms with Crippen LogP contribution in [0, 0.1) is 24.1 Å². The third-order valence-electron chi connectivity index (χ3n) is 11.4. The number of pyridine rings is 1. The number of nitrogens with zero attached hydrogens (tertiary/aromatic N) is 9. The minimum atomic E-state index is -0.690. The topological polar surface area (TPSA) is 136 Å². The molecule has 3 saturated heterocycles. The summed E-state index contributed by atoms with van der Waals surface area (Å²) in [7, 11) is 2.06. The second kappa shape index (κ2) is 15.2. The van der Waals surface area contributed by atoms with E-state index >= 15 is 4.39 Å². The van der Waals surface area contributed by atoms with Crippen LogP contribution in [0.25, 0.3) is 44.0 Å². The highest BCUT2D eigenvalue weighted by Gasteiger charge is 2.37. The lowest BCUT2D eigenvalue weighted by molar-refractivity contribution is -0.0366. The lowest BCUT2D eigenvalue weighted by Crippen LogP contribution is -2.48. The standard InChI is InChI=1S/C40H46Cl2FN9O4/c1-22-28(41)19-30-27(20-45-52(30)31-10-6-7-16-54-31)32(22)33-29(42)18-26-35(34(33)43)46-38(55-21-25-9-8-14-49(25)5)36-37(26)51(48-47-36)24-12-15-50(23(17-24)11-13-44)39(53)56-40(2,3)4/h18-20,23-25,31H,6-12,14-17,21H2,1-5H3/t23-,24+,25+,31?/m1/s1. The summed E-state index contributed by atoms with van der Waals surface area (Å²) in [6, 6.07) is 5.23. The fourth-order valence-electron chi connectivity index (χ4n) is 8.53. The molecule has 16 heteroatoms. The molecule has 0 saturated carbocycles. The maximum Gasteiger partial charge on any atom is 0.410 e. The van der Waals surface area contributed by atoms with Crippen LogP contribution in [0.2, 0.25) is 10.0 Å². The number of carbonyl (C=O) groups excluding carboxylic acids is 1.